The molecule has 2 aromatic carbocycles. The fourth-order valence-electron chi connectivity index (χ4n) is 2.62. The van der Waals surface area contributed by atoms with E-state index in [0.717, 1.165) is 0 Å². The van der Waals surface area contributed by atoms with Gasteiger partial charge in [-0.2, -0.15) is 0 Å². The summed E-state index contributed by atoms with van der Waals surface area (Å²) in [6.45, 7) is 3.84. The molecule has 2 aromatic rings. The SMILES string of the molecule is COc1cc(C=C2C(=O)NN(c3ccc(Cl)cc3)C2=O)ccc1OC(C)C. The predicted molar refractivity (Wildman–Crippen MR) is 104 cm³/mol. The molecule has 0 aromatic heterocycles. The molecule has 1 aliphatic heterocycles. The van der Waals surface area contributed by atoms with Crippen LogP contribution in [0, 0.1) is 0 Å². The quantitative estimate of drug-likeness (QED) is 0.629. The molecular formula is C20H19ClN2O4. The summed E-state index contributed by atoms with van der Waals surface area (Å²) in [6.07, 6.45) is 1.52. The summed E-state index contributed by atoms with van der Waals surface area (Å²) < 4.78 is 11.0. The van der Waals surface area contributed by atoms with Gasteiger partial charge in [-0.05, 0) is 61.9 Å². The zero-order valence-corrected chi connectivity index (χ0v) is 15.9. The fourth-order valence-corrected chi connectivity index (χ4v) is 2.75. The number of hydrogen-bond acceptors (Lipinski definition) is 4. The molecule has 6 nitrogen and oxygen atoms in total. The highest BCUT2D eigenvalue weighted by molar-refractivity contribution is 6.32. The first-order valence-electron chi connectivity index (χ1n) is 8.36. The number of rotatable bonds is 5. The second-order valence-corrected chi connectivity index (χ2v) is 6.63. The lowest BCUT2D eigenvalue weighted by molar-refractivity contribution is -0.117. The van der Waals surface area contributed by atoms with Crippen LogP contribution in [0.3, 0.4) is 0 Å². The van der Waals surface area contributed by atoms with Crippen molar-refractivity contribution in [1.82, 2.24) is 5.43 Å². The topological polar surface area (TPSA) is 67.9 Å². The van der Waals surface area contributed by atoms with Gasteiger partial charge in [-0.1, -0.05) is 17.7 Å². The number of methoxy groups -OCH3 is 1. The van der Waals surface area contributed by atoms with E-state index in [9.17, 15) is 9.59 Å². The molecule has 3 rings (SSSR count). The van der Waals surface area contributed by atoms with Crippen LogP contribution in [0.1, 0.15) is 19.4 Å². The minimum atomic E-state index is -0.476. The number of amides is 2. The number of carbonyl (C=O) groups excluding carboxylic acids is 2. The number of benzene rings is 2. The highest BCUT2D eigenvalue weighted by Gasteiger charge is 2.34. The van der Waals surface area contributed by atoms with Gasteiger partial charge >= 0.3 is 0 Å². The van der Waals surface area contributed by atoms with E-state index in [1.54, 1.807) is 42.5 Å². The minimum Gasteiger partial charge on any atom is -0.493 e. The Bertz CT molecular complexity index is 907. The summed E-state index contributed by atoms with van der Waals surface area (Å²) in [7, 11) is 1.54. The van der Waals surface area contributed by atoms with Crippen molar-refractivity contribution in [3.8, 4) is 11.5 Å². The van der Waals surface area contributed by atoms with Crippen LogP contribution >= 0.6 is 11.6 Å². The van der Waals surface area contributed by atoms with Gasteiger partial charge in [0.2, 0.25) is 0 Å². The number of nitrogens with one attached hydrogen (secondary N) is 1. The molecular weight excluding hydrogens is 368 g/mol. The molecule has 2 amide bonds. The van der Waals surface area contributed by atoms with Crippen LogP contribution in [0.2, 0.25) is 5.02 Å². The summed E-state index contributed by atoms with van der Waals surface area (Å²) in [5.41, 5.74) is 3.76. The Morgan fingerprint density at radius 1 is 1.07 bits per heavy atom. The van der Waals surface area contributed by atoms with E-state index >= 15 is 0 Å². The molecule has 0 saturated carbocycles. The van der Waals surface area contributed by atoms with Gasteiger partial charge in [-0.3, -0.25) is 15.0 Å². The summed E-state index contributed by atoms with van der Waals surface area (Å²) >= 11 is 5.87. The number of hydrogen-bond donors (Lipinski definition) is 1. The highest BCUT2D eigenvalue weighted by Crippen LogP contribution is 2.30. The average molecular weight is 387 g/mol. The van der Waals surface area contributed by atoms with Crippen molar-refractivity contribution < 1.29 is 19.1 Å². The van der Waals surface area contributed by atoms with Gasteiger partial charge in [0, 0.05) is 5.02 Å². The summed E-state index contributed by atoms with van der Waals surface area (Å²) in [5, 5.41) is 1.74. The highest BCUT2D eigenvalue weighted by atomic mass is 35.5. The van der Waals surface area contributed by atoms with Gasteiger partial charge in [0.1, 0.15) is 5.57 Å². The van der Waals surface area contributed by atoms with E-state index in [0.29, 0.717) is 27.8 Å². The first-order valence-corrected chi connectivity index (χ1v) is 8.74. The molecule has 0 spiro atoms. The number of ether oxygens (including phenoxy) is 2. The van der Waals surface area contributed by atoms with Crippen LogP contribution in [-0.4, -0.2) is 25.0 Å². The fraction of sp³-hybridized carbons (Fsp3) is 0.200. The molecule has 1 aliphatic rings. The lowest BCUT2D eigenvalue weighted by atomic mass is 10.1. The van der Waals surface area contributed by atoms with Crippen molar-refractivity contribution in [2.24, 2.45) is 0 Å². The largest absolute Gasteiger partial charge is 0.493 e. The number of halogens is 1. The molecule has 1 fully saturated rings. The zero-order valence-electron chi connectivity index (χ0n) is 15.2. The average Bonchev–Trinajstić information content (AvgIpc) is 2.91. The number of anilines is 1. The third kappa shape index (κ3) is 4.06. The minimum absolute atomic E-state index is 0.00164. The van der Waals surface area contributed by atoms with Gasteiger partial charge in [0.15, 0.2) is 11.5 Å². The molecule has 0 unspecified atom stereocenters. The van der Waals surface area contributed by atoms with Crippen molar-refractivity contribution in [3.05, 3.63) is 58.6 Å². The summed E-state index contributed by atoms with van der Waals surface area (Å²) in [4.78, 5) is 24.9. The number of hydrazine groups is 1. The second kappa shape index (κ2) is 7.72. The van der Waals surface area contributed by atoms with Gasteiger partial charge in [0.25, 0.3) is 11.8 Å². The molecule has 1 heterocycles. The Morgan fingerprint density at radius 2 is 1.78 bits per heavy atom. The van der Waals surface area contributed by atoms with Crippen molar-refractivity contribution in [3.63, 3.8) is 0 Å². The maximum Gasteiger partial charge on any atom is 0.282 e. The van der Waals surface area contributed by atoms with Crippen LogP contribution in [0.15, 0.2) is 48.0 Å². The Kier molecular flexibility index (Phi) is 5.37. The van der Waals surface area contributed by atoms with E-state index < -0.39 is 11.8 Å². The molecule has 7 heteroatoms. The molecule has 0 atom stereocenters. The zero-order chi connectivity index (χ0) is 19.6. The predicted octanol–water partition coefficient (Wildman–Crippen LogP) is 3.60. The Hall–Kier alpha value is -2.99. The number of nitrogens with zero attached hydrogens (tertiary/aromatic N) is 1. The van der Waals surface area contributed by atoms with E-state index in [-0.39, 0.29) is 11.7 Å². The normalized spacial score (nSPS) is 15.4. The van der Waals surface area contributed by atoms with Crippen molar-refractivity contribution >= 4 is 35.2 Å². The lowest BCUT2D eigenvalue weighted by Crippen LogP contribution is -2.35. The third-order valence-corrected chi connectivity index (χ3v) is 4.09. The van der Waals surface area contributed by atoms with Gasteiger partial charge in [-0.25, -0.2) is 5.01 Å². The van der Waals surface area contributed by atoms with Crippen LogP contribution in [0.4, 0.5) is 5.69 Å². The maximum absolute atomic E-state index is 12.7. The first-order chi connectivity index (χ1) is 12.9. The molecule has 1 N–H and O–H groups in total. The van der Waals surface area contributed by atoms with Gasteiger partial charge in [-0.15, -0.1) is 0 Å². The Morgan fingerprint density at radius 3 is 2.41 bits per heavy atom. The molecule has 27 heavy (non-hydrogen) atoms. The van der Waals surface area contributed by atoms with Gasteiger partial charge in [0.05, 0.1) is 18.9 Å². The van der Waals surface area contributed by atoms with Crippen LogP contribution < -0.4 is 19.9 Å². The van der Waals surface area contributed by atoms with Crippen LogP contribution in [0.25, 0.3) is 6.08 Å². The molecule has 1 saturated heterocycles. The summed E-state index contributed by atoms with van der Waals surface area (Å²) in [5.74, 6) is 0.207. The summed E-state index contributed by atoms with van der Waals surface area (Å²) in [6, 6.07) is 11.8. The molecule has 0 bridgehead atoms. The van der Waals surface area contributed by atoms with Crippen molar-refractivity contribution in [1.29, 1.82) is 0 Å². The molecule has 0 radical (unpaired) electrons. The number of carbonyl (C=O) groups is 2. The smallest absolute Gasteiger partial charge is 0.282 e. The van der Waals surface area contributed by atoms with E-state index in [1.165, 1.54) is 18.2 Å². The standard InChI is InChI=1S/C20H19ClN2O4/c1-12(2)27-17-9-4-13(11-18(17)26-3)10-16-19(24)22-23(20(16)25)15-7-5-14(21)6-8-15/h4-12H,1-3H3,(H,22,24). The maximum atomic E-state index is 12.7. The van der Waals surface area contributed by atoms with Crippen LogP contribution in [-0.2, 0) is 9.59 Å². The molecule has 140 valence electrons. The second-order valence-electron chi connectivity index (χ2n) is 6.19. The van der Waals surface area contributed by atoms with Crippen molar-refractivity contribution in [2.45, 2.75) is 20.0 Å². The van der Waals surface area contributed by atoms with Gasteiger partial charge < -0.3 is 9.47 Å². The molecule has 0 aliphatic carbocycles. The van der Waals surface area contributed by atoms with Crippen LogP contribution in [0.5, 0.6) is 11.5 Å². The monoisotopic (exact) mass is 386 g/mol. The Labute approximate surface area is 162 Å². The lowest BCUT2D eigenvalue weighted by Gasteiger charge is -2.14. The van der Waals surface area contributed by atoms with Crippen molar-refractivity contribution in [2.75, 3.05) is 12.1 Å². The van der Waals surface area contributed by atoms with E-state index in [4.69, 9.17) is 21.1 Å². The van der Waals surface area contributed by atoms with E-state index in [2.05, 4.69) is 5.43 Å². The Balaban J connectivity index is 1.89. The third-order valence-electron chi connectivity index (χ3n) is 3.84. The van der Waals surface area contributed by atoms with E-state index in [1.807, 2.05) is 13.8 Å². The first kappa shape index (κ1) is 18.8.